The molecule has 1 unspecified atom stereocenters. The first-order valence-corrected chi connectivity index (χ1v) is 11.5. The number of fused-ring (bicyclic) bond motifs is 1. The van der Waals surface area contributed by atoms with Crippen molar-refractivity contribution in [3.8, 4) is 11.3 Å². The Morgan fingerprint density at radius 3 is 2.68 bits per heavy atom. The maximum Gasteiger partial charge on any atom is 0.146 e. The van der Waals surface area contributed by atoms with Crippen LogP contribution in [0.2, 0.25) is 0 Å². The molecule has 0 spiro atoms. The molecule has 3 aromatic rings. The van der Waals surface area contributed by atoms with Crippen molar-refractivity contribution in [2.24, 2.45) is 0 Å². The molecule has 0 aliphatic carbocycles. The summed E-state index contributed by atoms with van der Waals surface area (Å²) >= 11 is 0. The van der Waals surface area contributed by atoms with Gasteiger partial charge < -0.3 is 20.3 Å². The van der Waals surface area contributed by atoms with Crippen molar-refractivity contribution < 1.29 is 9.18 Å². The maximum absolute atomic E-state index is 15.4. The number of aldehydes is 1. The van der Waals surface area contributed by atoms with Crippen molar-refractivity contribution in [2.75, 3.05) is 25.5 Å². The third-order valence-electron chi connectivity index (χ3n) is 6.70. The molecule has 4 heterocycles. The predicted molar refractivity (Wildman–Crippen MR) is 130 cm³/mol. The summed E-state index contributed by atoms with van der Waals surface area (Å²) in [5.74, 6) is 0.460. The Kier molecular flexibility index (Phi) is 6.06. The topological polar surface area (TPSA) is 83.0 Å². The molecular formula is C26H27FN6O. The molecule has 2 aromatic heterocycles. The van der Waals surface area contributed by atoms with E-state index in [1.54, 1.807) is 24.7 Å². The number of halogens is 1. The molecule has 1 fully saturated rings. The summed E-state index contributed by atoms with van der Waals surface area (Å²) in [7, 11) is 2.12. The molecule has 0 radical (unpaired) electrons. The lowest BCUT2D eigenvalue weighted by Crippen LogP contribution is -2.29. The van der Waals surface area contributed by atoms with Crippen LogP contribution in [0.4, 0.5) is 15.9 Å². The Balaban J connectivity index is 1.54. The summed E-state index contributed by atoms with van der Waals surface area (Å²) in [4.78, 5) is 27.0. The standard InChI is InChI=1S/C26H27FN6O/c1-16-9-23(21(27)11-20(16)17-4-7-33(2)8-5-17)32-26-25-18(3-6-30-24(25)14-34)10-22(31-26)19-12-28-15-29-13-19/h3,6,9-15,17,24,30H,4-5,7-8H2,1-2H3,(H,31,32). The van der Waals surface area contributed by atoms with Gasteiger partial charge in [-0.1, -0.05) is 0 Å². The molecule has 5 rings (SSSR count). The van der Waals surface area contributed by atoms with Crippen LogP contribution in [0.5, 0.6) is 0 Å². The van der Waals surface area contributed by atoms with E-state index in [-0.39, 0.29) is 5.82 Å². The summed E-state index contributed by atoms with van der Waals surface area (Å²) < 4.78 is 15.4. The predicted octanol–water partition coefficient (Wildman–Crippen LogP) is 4.35. The number of carbonyl (C=O) groups is 1. The van der Waals surface area contributed by atoms with E-state index < -0.39 is 6.04 Å². The minimum Gasteiger partial charge on any atom is -0.378 e. The minimum atomic E-state index is -0.585. The lowest BCUT2D eigenvalue weighted by Gasteiger charge is -2.30. The SMILES string of the molecule is Cc1cc(Nc2nc(-c3cncnc3)cc3c2C(C=O)NC=C3)c(F)cc1C1CCN(C)CC1. The van der Waals surface area contributed by atoms with Crippen LogP contribution in [0.3, 0.4) is 0 Å². The van der Waals surface area contributed by atoms with Crippen molar-refractivity contribution in [3.63, 3.8) is 0 Å². The zero-order valence-electron chi connectivity index (χ0n) is 19.3. The number of hydrogen-bond acceptors (Lipinski definition) is 7. The van der Waals surface area contributed by atoms with E-state index in [0.717, 1.165) is 54.5 Å². The molecule has 1 aromatic carbocycles. The van der Waals surface area contributed by atoms with Gasteiger partial charge in [-0.2, -0.15) is 0 Å². The summed E-state index contributed by atoms with van der Waals surface area (Å²) in [6.07, 6.45) is 11.3. The van der Waals surface area contributed by atoms with Gasteiger partial charge >= 0.3 is 0 Å². The number of likely N-dealkylation sites (tertiary alicyclic amines) is 1. The fourth-order valence-electron chi connectivity index (χ4n) is 4.83. The van der Waals surface area contributed by atoms with Crippen LogP contribution in [0, 0.1) is 12.7 Å². The Morgan fingerprint density at radius 1 is 1.18 bits per heavy atom. The average Bonchev–Trinajstić information content (AvgIpc) is 2.86. The zero-order chi connectivity index (χ0) is 23.7. The number of aromatic nitrogens is 3. The second-order valence-corrected chi connectivity index (χ2v) is 8.99. The normalized spacial score (nSPS) is 18.3. The van der Waals surface area contributed by atoms with E-state index in [4.69, 9.17) is 4.98 Å². The van der Waals surface area contributed by atoms with E-state index in [9.17, 15) is 4.79 Å². The lowest BCUT2D eigenvalue weighted by atomic mass is 9.86. The molecule has 2 aliphatic rings. The highest BCUT2D eigenvalue weighted by molar-refractivity contribution is 5.80. The Labute approximate surface area is 198 Å². The van der Waals surface area contributed by atoms with Crippen molar-refractivity contribution in [2.45, 2.75) is 31.7 Å². The summed E-state index contributed by atoms with van der Waals surface area (Å²) in [5, 5.41) is 6.23. The van der Waals surface area contributed by atoms with Gasteiger partial charge in [0.15, 0.2) is 0 Å². The molecule has 0 saturated carbocycles. The van der Waals surface area contributed by atoms with Crippen molar-refractivity contribution in [3.05, 3.63) is 71.2 Å². The maximum atomic E-state index is 15.4. The molecule has 7 nitrogen and oxygen atoms in total. The smallest absolute Gasteiger partial charge is 0.146 e. The molecule has 34 heavy (non-hydrogen) atoms. The molecular weight excluding hydrogens is 431 g/mol. The Morgan fingerprint density at radius 2 is 1.94 bits per heavy atom. The van der Waals surface area contributed by atoms with E-state index in [1.807, 2.05) is 25.1 Å². The second kappa shape index (κ2) is 9.30. The van der Waals surface area contributed by atoms with Crippen molar-refractivity contribution in [1.29, 1.82) is 0 Å². The molecule has 2 N–H and O–H groups in total. The van der Waals surface area contributed by atoms with Crippen LogP contribution in [0.1, 0.15) is 47.1 Å². The van der Waals surface area contributed by atoms with Gasteiger partial charge in [0.05, 0.1) is 11.4 Å². The van der Waals surface area contributed by atoms with Crippen molar-refractivity contribution in [1.82, 2.24) is 25.2 Å². The molecule has 2 aliphatic heterocycles. The number of nitrogens with zero attached hydrogens (tertiary/aromatic N) is 4. The van der Waals surface area contributed by atoms with Gasteiger partial charge in [0.25, 0.3) is 0 Å². The fourth-order valence-corrected chi connectivity index (χ4v) is 4.83. The fraction of sp³-hybridized carbons (Fsp3) is 0.308. The quantitative estimate of drug-likeness (QED) is 0.550. The van der Waals surface area contributed by atoms with Gasteiger partial charge in [0, 0.05) is 23.5 Å². The van der Waals surface area contributed by atoms with Crippen LogP contribution in [-0.2, 0) is 4.79 Å². The molecule has 1 saturated heterocycles. The molecule has 174 valence electrons. The zero-order valence-corrected chi connectivity index (χ0v) is 19.3. The first-order valence-electron chi connectivity index (χ1n) is 11.5. The largest absolute Gasteiger partial charge is 0.378 e. The lowest BCUT2D eigenvalue weighted by molar-refractivity contribution is -0.109. The van der Waals surface area contributed by atoms with Gasteiger partial charge in [-0.15, -0.1) is 0 Å². The van der Waals surface area contributed by atoms with E-state index in [1.165, 1.54) is 6.33 Å². The number of aryl methyl sites for hydroxylation is 1. The number of nitrogens with one attached hydrogen (secondary N) is 2. The number of benzene rings is 1. The van der Waals surface area contributed by atoms with Crippen molar-refractivity contribution >= 4 is 23.9 Å². The third-order valence-corrected chi connectivity index (χ3v) is 6.70. The molecule has 0 amide bonds. The van der Waals surface area contributed by atoms with Gasteiger partial charge in [-0.25, -0.2) is 19.3 Å². The number of piperidine rings is 1. The van der Waals surface area contributed by atoms with E-state index in [2.05, 4.69) is 32.5 Å². The highest BCUT2D eigenvalue weighted by Crippen LogP contribution is 2.36. The number of rotatable bonds is 5. The molecule has 8 heteroatoms. The van der Waals surface area contributed by atoms with Gasteiger partial charge in [0.1, 0.15) is 30.3 Å². The average molecular weight is 459 g/mol. The number of hydrogen-bond donors (Lipinski definition) is 2. The number of carbonyl (C=O) groups excluding carboxylic acids is 1. The minimum absolute atomic E-state index is 0.328. The second-order valence-electron chi connectivity index (χ2n) is 8.99. The Hall–Kier alpha value is -3.65. The summed E-state index contributed by atoms with van der Waals surface area (Å²) in [6, 6.07) is 4.80. The van der Waals surface area contributed by atoms with E-state index >= 15 is 4.39 Å². The van der Waals surface area contributed by atoms with Crippen LogP contribution in [0.15, 0.2) is 43.1 Å². The summed E-state index contributed by atoms with van der Waals surface area (Å²) in [5.41, 5.74) is 5.32. The Bertz CT molecular complexity index is 1240. The number of anilines is 2. The van der Waals surface area contributed by atoms with Crippen LogP contribution in [0.25, 0.3) is 17.3 Å². The van der Waals surface area contributed by atoms with Crippen LogP contribution in [-0.4, -0.2) is 46.3 Å². The van der Waals surface area contributed by atoms with Gasteiger partial charge in [-0.05, 0) is 93.0 Å². The highest BCUT2D eigenvalue weighted by atomic mass is 19.1. The first-order chi connectivity index (χ1) is 16.5. The highest BCUT2D eigenvalue weighted by Gasteiger charge is 2.25. The van der Waals surface area contributed by atoms with Crippen LogP contribution < -0.4 is 10.6 Å². The first kappa shape index (κ1) is 22.2. The van der Waals surface area contributed by atoms with Gasteiger partial charge in [0.2, 0.25) is 0 Å². The monoisotopic (exact) mass is 458 g/mol. The third kappa shape index (κ3) is 4.28. The molecule has 1 atom stereocenters. The summed E-state index contributed by atoms with van der Waals surface area (Å²) in [6.45, 7) is 4.06. The van der Waals surface area contributed by atoms with Crippen LogP contribution >= 0.6 is 0 Å². The van der Waals surface area contributed by atoms with E-state index in [0.29, 0.717) is 28.7 Å². The molecule has 0 bridgehead atoms. The van der Waals surface area contributed by atoms with Gasteiger partial charge in [-0.3, -0.25) is 0 Å². The number of pyridine rings is 1.